The van der Waals surface area contributed by atoms with Gasteiger partial charge in [0.2, 0.25) is 0 Å². The Labute approximate surface area is 160 Å². The largest absolute Gasteiger partial charge is 0.465 e. The van der Waals surface area contributed by atoms with Gasteiger partial charge in [-0.2, -0.15) is 0 Å². The van der Waals surface area contributed by atoms with Crippen LogP contribution in [0.1, 0.15) is 11.3 Å². The number of furan rings is 1. The molecule has 0 fully saturated rings. The van der Waals surface area contributed by atoms with Crippen molar-refractivity contribution < 1.29 is 9.21 Å². The Morgan fingerprint density at radius 1 is 0.962 bits per heavy atom. The maximum atomic E-state index is 13.0. The van der Waals surface area contributed by atoms with Crippen molar-refractivity contribution in [2.45, 2.75) is 0 Å². The van der Waals surface area contributed by atoms with E-state index < -0.39 is 0 Å². The standard InChI is InChI=1S/C20H12Cl2N2O2/c21-13-7-9-14(10-8-13)24-19(16-5-1-2-6-17(16)22)23-18(20(24)25)12-15-4-3-11-26-15/h1-12H/b18-12+. The third kappa shape index (κ3) is 3.05. The number of carbonyl (C=O) groups is 1. The topological polar surface area (TPSA) is 45.8 Å². The molecule has 1 aromatic heterocycles. The van der Waals surface area contributed by atoms with E-state index in [1.807, 2.05) is 18.2 Å². The van der Waals surface area contributed by atoms with Gasteiger partial charge in [-0.05, 0) is 48.5 Å². The van der Waals surface area contributed by atoms with Crippen LogP contribution >= 0.6 is 23.2 Å². The third-order valence-electron chi connectivity index (χ3n) is 3.88. The molecule has 1 aliphatic heterocycles. The first-order chi connectivity index (χ1) is 12.6. The van der Waals surface area contributed by atoms with Gasteiger partial charge in [0.05, 0.1) is 17.0 Å². The first-order valence-electron chi connectivity index (χ1n) is 7.82. The Bertz CT molecular complexity index is 1020. The molecule has 4 nitrogen and oxygen atoms in total. The lowest BCUT2D eigenvalue weighted by atomic mass is 10.1. The molecular weight excluding hydrogens is 371 g/mol. The van der Waals surface area contributed by atoms with Crippen molar-refractivity contribution in [3.8, 4) is 0 Å². The van der Waals surface area contributed by atoms with E-state index >= 15 is 0 Å². The van der Waals surface area contributed by atoms with E-state index in [9.17, 15) is 4.79 Å². The van der Waals surface area contributed by atoms with Gasteiger partial charge in [-0.25, -0.2) is 4.99 Å². The summed E-state index contributed by atoms with van der Waals surface area (Å²) >= 11 is 12.3. The minimum absolute atomic E-state index is 0.265. The van der Waals surface area contributed by atoms with Crippen LogP contribution in [0.15, 0.2) is 82.0 Å². The zero-order chi connectivity index (χ0) is 18.1. The molecule has 0 spiro atoms. The van der Waals surface area contributed by atoms with Crippen LogP contribution in [0.5, 0.6) is 0 Å². The van der Waals surface area contributed by atoms with Crippen LogP contribution in [0.3, 0.4) is 0 Å². The van der Waals surface area contributed by atoms with Gasteiger partial charge in [0.15, 0.2) is 0 Å². The molecule has 0 N–H and O–H groups in total. The number of nitrogens with zero attached hydrogens (tertiary/aromatic N) is 2. The molecule has 2 heterocycles. The molecule has 128 valence electrons. The average molecular weight is 383 g/mol. The van der Waals surface area contributed by atoms with Gasteiger partial charge in [0.25, 0.3) is 5.91 Å². The molecule has 1 aliphatic rings. The quantitative estimate of drug-likeness (QED) is 0.567. The third-order valence-corrected chi connectivity index (χ3v) is 4.46. The molecule has 0 aliphatic carbocycles. The van der Waals surface area contributed by atoms with Gasteiger partial charge in [-0.15, -0.1) is 0 Å². The van der Waals surface area contributed by atoms with Gasteiger partial charge < -0.3 is 4.42 Å². The fourth-order valence-corrected chi connectivity index (χ4v) is 3.02. The summed E-state index contributed by atoms with van der Waals surface area (Å²) in [4.78, 5) is 19.1. The van der Waals surface area contributed by atoms with E-state index in [2.05, 4.69) is 4.99 Å². The van der Waals surface area contributed by atoms with E-state index in [0.29, 0.717) is 32.9 Å². The van der Waals surface area contributed by atoms with Crippen LogP contribution in [-0.4, -0.2) is 11.7 Å². The molecule has 2 aromatic carbocycles. The molecule has 0 radical (unpaired) electrons. The van der Waals surface area contributed by atoms with Crippen LogP contribution in [0, 0.1) is 0 Å². The van der Waals surface area contributed by atoms with Crippen molar-refractivity contribution in [1.29, 1.82) is 0 Å². The van der Waals surface area contributed by atoms with Crippen molar-refractivity contribution in [1.82, 2.24) is 0 Å². The molecule has 1 amide bonds. The summed E-state index contributed by atoms with van der Waals surface area (Å²) < 4.78 is 5.31. The molecule has 3 aromatic rings. The summed E-state index contributed by atoms with van der Waals surface area (Å²) in [6.07, 6.45) is 3.15. The highest BCUT2D eigenvalue weighted by molar-refractivity contribution is 6.39. The van der Waals surface area contributed by atoms with Crippen LogP contribution in [0.4, 0.5) is 5.69 Å². The maximum absolute atomic E-state index is 13.0. The monoisotopic (exact) mass is 382 g/mol. The van der Waals surface area contributed by atoms with E-state index in [-0.39, 0.29) is 11.6 Å². The number of amides is 1. The van der Waals surface area contributed by atoms with E-state index in [4.69, 9.17) is 27.6 Å². The van der Waals surface area contributed by atoms with Gasteiger partial charge >= 0.3 is 0 Å². The molecule has 6 heteroatoms. The summed E-state index contributed by atoms with van der Waals surface area (Å²) in [5.41, 5.74) is 1.59. The number of aliphatic imine (C=N–C) groups is 1. The summed E-state index contributed by atoms with van der Waals surface area (Å²) in [5, 5.41) is 1.10. The molecule has 26 heavy (non-hydrogen) atoms. The fraction of sp³-hybridized carbons (Fsp3) is 0. The average Bonchev–Trinajstić information content (AvgIpc) is 3.26. The van der Waals surface area contributed by atoms with Gasteiger partial charge in [0, 0.05) is 16.7 Å². The SMILES string of the molecule is O=C1/C(=C\c2ccco2)N=C(c2ccccc2Cl)N1c1ccc(Cl)cc1. The highest BCUT2D eigenvalue weighted by Crippen LogP contribution is 2.31. The molecule has 0 atom stereocenters. The Hall–Kier alpha value is -2.82. The smallest absolute Gasteiger partial charge is 0.282 e. The summed E-state index contributed by atoms with van der Waals surface area (Å²) in [7, 11) is 0. The van der Waals surface area contributed by atoms with Crippen LogP contribution in [-0.2, 0) is 4.79 Å². The van der Waals surface area contributed by atoms with Crippen LogP contribution in [0.2, 0.25) is 10.0 Å². The predicted octanol–water partition coefficient (Wildman–Crippen LogP) is 5.42. The minimum atomic E-state index is -0.265. The van der Waals surface area contributed by atoms with Crippen molar-refractivity contribution in [3.63, 3.8) is 0 Å². The highest BCUT2D eigenvalue weighted by atomic mass is 35.5. The van der Waals surface area contributed by atoms with Crippen molar-refractivity contribution in [3.05, 3.63) is 94.0 Å². The number of carbonyl (C=O) groups excluding carboxylic acids is 1. The Kier molecular flexibility index (Phi) is 4.37. The lowest BCUT2D eigenvalue weighted by molar-refractivity contribution is -0.113. The van der Waals surface area contributed by atoms with Gasteiger partial charge in [-0.1, -0.05) is 35.3 Å². The number of hydrogen-bond acceptors (Lipinski definition) is 3. The maximum Gasteiger partial charge on any atom is 0.282 e. The van der Waals surface area contributed by atoms with Crippen molar-refractivity contribution in [2.75, 3.05) is 4.90 Å². The van der Waals surface area contributed by atoms with Gasteiger partial charge in [-0.3, -0.25) is 9.69 Å². The Morgan fingerprint density at radius 2 is 1.73 bits per heavy atom. The molecular formula is C20H12Cl2N2O2. The fourth-order valence-electron chi connectivity index (χ4n) is 2.68. The molecule has 0 saturated carbocycles. The second kappa shape index (κ2) is 6.83. The zero-order valence-corrected chi connectivity index (χ0v) is 14.9. The normalized spacial score (nSPS) is 15.6. The molecule has 0 bridgehead atoms. The Morgan fingerprint density at radius 3 is 2.42 bits per heavy atom. The summed E-state index contributed by atoms with van der Waals surface area (Å²) in [6, 6.07) is 17.8. The zero-order valence-electron chi connectivity index (χ0n) is 13.4. The first kappa shape index (κ1) is 16.6. The number of halogens is 2. The number of benzene rings is 2. The second-order valence-corrected chi connectivity index (χ2v) is 6.42. The van der Waals surface area contributed by atoms with Crippen LogP contribution in [0.25, 0.3) is 6.08 Å². The summed E-state index contributed by atoms with van der Waals surface area (Å²) in [5.74, 6) is 0.743. The molecule has 0 unspecified atom stereocenters. The predicted molar refractivity (Wildman–Crippen MR) is 104 cm³/mol. The number of anilines is 1. The number of amidine groups is 1. The lowest BCUT2D eigenvalue weighted by Crippen LogP contribution is -2.32. The highest BCUT2D eigenvalue weighted by Gasteiger charge is 2.33. The Balaban J connectivity index is 1.86. The van der Waals surface area contributed by atoms with Gasteiger partial charge in [0.1, 0.15) is 17.3 Å². The first-order valence-corrected chi connectivity index (χ1v) is 8.58. The van der Waals surface area contributed by atoms with Crippen LogP contribution < -0.4 is 4.90 Å². The minimum Gasteiger partial charge on any atom is -0.465 e. The van der Waals surface area contributed by atoms with Crippen molar-refractivity contribution in [2.24, 2.45) is 4.99 Å². The van der Waals surface area contributed by atoms with E-state index in [1.165, 1.54) is 4.90 Å². The number of rotatable bonds is 3. The number of hydrogen-bond donors (Lipinski definition) is 0. The van der Waals surface area contributed by atoms with E-state index in [1.54, 1.807) is 54.8 Å². The second-order valence-electron chi connectivity index (χ2n) is 5.58. The van der Waals surface area contributed by atoms with E-state index in [0.717, 1.165) is 0 Å². The lowest BCUT2D eigenvalue weighted by Gasteiger charge is -2.19. The molecule has 4 rings (SSSR count). The van der Waals surface area contributed by atoms with Crippen molar-refractivity contribution >= 4 is 46.7 Å². The summed E-state index contributed by atoms with van der Waals surface area (Å²) in [6.45, 7) is 0. The molecule has 0 saturated heterocycles.